The van der Waals surface area contributed by atoms with Gasteiger partial charge in [0.15, 0.2) is 6.10 Å². The molecule has 3 rings (SSSR count). The molecule has 0 aromatic rings. The predicted molar refractivity (Wildman–Crippen MR) is 92.0 cm³/mol. The minimum Gasteiger partial charge on any atom is -0.465 e. The lowest BCUT2D eigenvalue weighted by Gasteiger charge is -2.49. The molecule has 1 saturated heterocycles. The topological polar surface area (TPSA) is 97.4 Å². The molecule has 32 heavy (non-hydrogen) atoms. The molecular formula is C19H23F5O8. The zero-order valence-electron chi connectivity index (χ0n) is 17.3. The zero-order valence-corrected chi connectivity index (χ0v) is 17.3. The molecule has 13 heteroatoms. The number of alkyl halides is 5. The van der Waals surface area contributed by atoms with Crippen LogP contribution in [-0.4, -0.2) is 68.3 Å². The Kier molecular flexibility index (Phi) is 6.46. The first-order valence-corrected chi connectivity index (χ1v) is 9.93. The third-order valence-electron chi connectivity index (χ3n) is 5.99. The van der Waals surface area contributed by atoms with E-state index in [2.05, 4.69) is 4.74 Å². The van der Waals surface area contributed by atoms with Crippen molar-refractivity contribution in [2.75, 3.05) is 26.4 Å². The highest BCUT2D eigenvalue weighted by molar-refractivity contribution is 5.77. The van der Waals surface area contributed by atoms with Crippen molar-refractivity contribution in [2.24, 2.45) is 17.3 Å². The predicted octanol–water partition coefficient (Wildman–Crippen LogP) is 2.38. The molecule has 0 radical (unpaired) electrons. The molecule has 8 nitrogen and oxygen atoms in total. The standard InChI is InChI=1S/C19H23F5O8/c1-10(25)28-6-17(7-29-15(27)19(22,23)24)8-30-18(31-9-17)12-4-3-11(5-12)13(18)32-14(26)16(2,20)21/h11-13H,3-9H2,1-2H3. The molecular weight excluding hydrogens is 451 g/mol. The normalized spacial score (nSPS) is 34.4. The van der Waals surface area contributed by atoms with Crippen molar-refractivity contribution >= 4 is 17.9 Å². The number of halogens is 5. The fraction of sp³-hybridized carbons (Fsp3) is 0.842. The lowest BCUT2D eigenvalue weighted by atomic mass is 9.86. The zero-order chi connectivity index (χ0) is 23.9. The molecule has 3 unspecified atom stereocenters. The Morgan fingerprint density at radius 3 is 2.09 bits per heavy atom. The van der Waals surface area contributed by atoms with Gasteiger partial charge in [-0.3, -0.25) is 4.79 Å². The molecule has 182 valence electrons. The van der Waals surface area contributed by atoms with E-state index in [0.29, 0.717) is 26.2 Å². The van der Waals surface area contributed by atoms with Crippen molar-refractivity contribution in [1.29, 1.82) is 0 Å². The van der Waals surface area contributed by atoms with E-state index >= 15 is 0 Å². The summed E-state index contributed by atoms with van der Waals surface area (Å²) in [4.78, 5) is 34.2. The van der Waals surface area contributed by atoms with E-state index in [1.54, 1.807) is 0 Å². The number of hydrogen-bond donors (Lipinski definition) is 0. The van der Waals surface area contributed by atoms with Gasteiger partial charge in [0.25, 0.3) is 0 Å². The smallest absolute Gasteiger partial charge is 0.465 e. The van der Waals surface area contributed by atoms with Gasteiger partial charge < -0.3 is 23.7 Å². The summed E-state index contributed by atoms with van der Waals surface area (Å²) in [7, 11) is 0. The maximum Gasteiger partial charge on any atom is 0.490 e. The van der Waals surface area contributed by atoms with E-state index < -0.39 is 60.5 Å². The number of carbonyl (C=O) groups is 3. The van der Waals surface area contributed by atoms with E-state index in [0.717, 1.165) is 6.92 Å². The average Bonchev–Trinajstić information content (AvgIpc) is 3.27. The summed E-state index contributed by atoms with van der Waals surface area (Å²) in [5.74, 6) is -10.8. The van der Waals surface area contributed by atoms with E-state index in [4.69, 9.17) is 18.9 Å². The average molecular weight is 474 g/mol. The summed E-state index contributed by atoms with van der Waals surface area (Å²) in [6.07, 6.45) is -4.65. The number of fused-ring (bicyclic) bond motifs is 3. The largest absolute Gasteiger partial charge is 0.490 e. The summed E-state index contributed by atoms with van der Waals surface area (Å²) < 4.78 is 90.3. The lowest BCUT2D eigenvalue weighted by molar-refractivity contribution is -0.361. The molecule has 2 aliphatic carbocycles. The minimum absolute atomic E-state index is 0.282. The van der Waals surface area contributed by atoms with Crippen molar-refractivity contribution in [1.82, 2.24) is 0 Å². The van der Waals surface area contributed by atoms with Crippen molar-refractivity contribution in [3.63, 3.8) is 0 Å². The fourth-order valence-electron chi connectivity index (χ4n) is 4.39. The maximum atomic E-state index is 13.4. The van der Waals surface area contributed by atoms with Gasteiger partial charge in [0.05, 0.1) is 18.6 Å². The van der Waals surface area contributed by atoms with Crippen molar-refractivity contribution < 1.29 is 60.0 Å². The Bertz CT molecular complexity index is 754. The SMILES string of the molecule is CC(=O)OCC1(COC(=O)C(F)(F)F)COC2(OC1)C1CCC(C1)C2OC(=O)C(C)(F)F. The summed E-state index contributed by atoms with van der Waals surface area (Å²) in [5, 5.41) is 0. The lowest BCUT2D eigenvalue weighted by Crippen LogP contribution is -2.62. The van der Waals surface area contributed by atoms with Crippen molar-refractivity contribution in [3.8, 4) is 0 Å². The van der Waals surface area contributed by atoms with Gasteiger partial charge in [-0.25, -0.2) is 9.59 Å². The summed E-state index contributed by atoms with van der Waals surface area (Å²) in [6, 6.07) is 0. The third-order valence-corrected chi connectivity index (χ3v) is 5.99. The first-order valence-electron chi connectivity index (χ1n) is 9.93. The first-order chi connectivity index (χ1) is 14.7. The quantitative estimate of drug-likeness (QED) is 0.329. The number of hydrogen-bond acceptors (Lipinski definition) is 8. The molecule has 1 heterocycles. The van der Waals surface area contributed by atoms with Crippen LogP contribution in [0.2, 0.25) is 0 Å². The number of rotatable bonds is 6. The van der Waals surface area contributed by atoms with Gasteiger partial charge in [-0.15, -0.1) is 0 Å². The van der Waals surface area contributed by atoms with Crippen LogP contribution in [-0.2, 0) is 38.1 Å². The van der Waals surface area contributed by atoms with Gasteiger partial charge in [-0.2, -0.15) is 22.0 Å². The Morgan fingerprint density at radius 2 is 1.56 bits per heavy atom. The molecule has 0 aromatic heterocycles. The summed E-state index contributed by atoms with van der Waals surface area (Å²) in [6.45, 7) is -0.597. The van der Waals surface area contributed by atoms with Crippen LogP contribution in [0.3, 0.4) is 0 Å². The second-order valence-electron chi connectivity index (χ2n) is 8.64. The van der Waals surface area contributed by atoms with Crippen molar-refractivity contribution in [2.45, 2.75) is 57.1 Å². The van der Waals surface area contributed by atoms with Gasteiger partial charge in [0.1, 0.15) is 13.2 Å². The van der Waals surface area contributed by atoms with Crippen LogP contribution in [0.4, 0.5) is 22.0 Å². The molecule has 2 saturated carbocycles. The third kappa shape index (κ3) is 4.82. The second kappa shape index (κ2) is 8.40. The van der Waals surface area contributed by atoms with Crippen LogP contribution in [0.15, 0.2) is 0 Å². The Labute approximate surface area is 179 Å². The second-order valence-corrected chi connectivity index (χ2v) is 8.64. The molecule has 3 fully saturated rings. The molecule has 0 aromatic carbocycles. The maximum absolute atomic E-state index is 13.4. The molecule has 3 atom stereocenters. The monoisotopic (exact) mass is 474 g/mol. The van der Waals surface area contributed by atoms with E-state index in [9.17, 15) is 36.3 Å². The minimum atomic E-state index is -5.23. The van der Waals surface area contributed by atoms with E-state index in [-0.39, 0.29) is 25.0 Å². The molecule has 1 spiro atoms. The molecule has 3 aliphatic rings. The molecule has 0 amide bonds. The van der Waals surface area contributed by atoms with Gasteiger partial charge >= 0.3 is 30.0 Å². The highest BCUT2D eigenvalue weighted by atomic mass is 19.4. The van der Waals surface area contributed by atoms with Gasteiger partial charge in [0.2, 0.25) is 5.79 Å². The Balaban J connectivity index is 1.76. The van der Waals surface area contributed by atoms with E-state index in [1.807, 2.05) is 0 Å². The summed E-state index contributed by atoms with van der Waals surface area (Å²) in [5.41, 5.74) is -1.47. The molecule has 2 bridgehead atoms. The summed E-state index contributed by atoms with van der Waals surface area (Å²) >= 11 is 0. The van der Waals surface area contributed by atoms with E-state index in [1.165, 1.54) is 0 Å². The Morgan fingerprint density at radius 1 is 0.969 bits per heavy atom. The van der Waals surface area contributed by atoms with Crippen LogP contribution < -0.4 is 0 Å². The van der Waals surface area contributed by atoms with Gasteiger partial charge in [0, 0.05) is 25.7 Å². The highest BCUT2D eigenvalue weighted by Gasteiger charge is 2.66. The van der Waals surface area contributed by atoms with Gasteiger partial charge in [-0.1, -0.05) is 0 Å². The van der Waals surface area contributed by atoms with Crippen molar-refractivity contribution in [3.05, 3.63) is 0 Å². The highest BCUT2D eigenvalue weighted by Crippen LogP contribution is 2.56. The van der Waals surface area contributed by atoms with Crippen LogP contribution >= 0.6 is 0 Å². The van der Waals surface area contributed by atoms with Crippen LogP contribution in [0.25, 0.3) is 0 Å². The number of carbonyl (C=O) groups excluding carboxylic acids is 3. The van der Waals surface area contributed by atoms with Gasteiger partial charge in [-0.05, 0) is 19.3 Å². The number of esters is 3. The number of ether oxygens (including phenoxy) is 5. The first kappa shape index (κ1) is 24.6. The molecule has 1 aliphatic heterocycles. The van der Waals surface area contributed by atoms with Crippen LogP contribution in [0.5, 0.6) is 0 Å². The fourth-order valence-corrected chi connectivity index (χ4v) is 4.39. The van der Waals surface area contributed by atoms with Crippen LogP contribution in [0, 0.1) is 17.3 Å². The Hall–Kier alpha value is -2.02. The van der Waals surface area contributed by atoms with Crippen LogP contribution in [0.1, 0.15) is 33.1 Å². The molecule has 0 N–H and O–H groups in total.